The normalized spacial score (nSPS) is 16.6. The topological polar surface area (TPSA) is 46.3 Å². The van der Waals surface area contributed by atoms with Crippen molar-refractivity contribution in [3.05, 3.63) is 35.9 Å². The summed E-state index contributed by atoms with van der Waals surface area (Å²) >= 11 is 0. The molecule has 0 saturated heterocycles. The Morgan fingerprint density at radius 3 is 2.59 bits per heavy atom. The van der Waals surface area contributed by atoms with Crippen molar-refractivity contribution in [1.29, 1.82) is 0 Å². The second kappa shape index (κ2) is 5.32. The highest BCUT2D eigenvalue weighted by molar-refractivity contribution is 5.82. The van der Waals surface area contributed by atoms with Crippen LogP contribution in [0.5, 0.6) is 0 Å². The minimum absolute atomic E-state index is 0.0962. The molecule has 0 bridgehead atoms. The first-order valence-corrected chi connectivity index (χ1v) is 6.32. The summed E-state index contributed by atoms with van der Waals surface area (Å²) < 4.78 is 0. The maximum Gasteiger partial charge on any atom is 0.240 e. The molecule has 0 aromatic heterocycles. The smallest absolute Gasteiger partial charge is 0.240 e. The molecule has 3 heteroatoms. The first-order chi connectivity index (χ1) is 8.22. The molecule has 1 saturated carbocycles. The van der Waals surface area contributed by atoms with Crippen LogP contribution in [0.4, 0.5) is 0 Å². The molecule has 0 spiro atoms. The maximum atomic E-state index is 12.2. The number of nitrogens with zero attached hydrogens (tertiary/aromatic N) is 1. The van der Waals surface area contributed by atoms with E-state index in [1.807, 2.05) is 30.0 Å². The molecule has 0 heterocycles. The largest absolute Gasteiger partial charge is 0.334 e. The number of amides is 1. The molecule has 0 aliphatic heterocycles. The van der Waals surface area contributed by atoms with Crippen molar-refractivity contribution in [3.63, 3.8) is 0 Å². The maximum absolute atomic E-state index is 12.2. The van der Waals surface area contributed by atoms with Gasteiger partial charge in [0.05, 0.1) is 6.04 Å². The van der Waals surface area contributed by atoms with Crippen LogP contribution >= 0.6 is 0 Å². The molecule has 1 aromatic carbocycles. The minimum atomic E-state index is -0.348. The first kappa shape index (κ1) is 12.1. The van der Waals surface area contributed by atoms with Crippen molar-refractivity contribution in [2.45, 2.75) is 44.8 Å². The zero-order valence-electron chi connectivity index (χ0n) is 10.3. The number of carbonyl (C=O) groups excluding carboxylic acids is 1. The van der Waals surface area contributed by atoms with E-state index >= 15 is 0 Å². The number of hydrogen-bond donors (Lipinski definition) is 1. The van der Waals surface area contributed by atoms with Gasteiger partial charge in [0.15, 0.2) is 0 Å². The van der Waals surface area contributed by atoms with Gasteiger partial charge >= 0.3 is 0 Å². The van der Waals surface area contributed by atoms with Crippen molar-refractivity contribution >= 4 is 5.91 Å². The highest BCUT2D eigenvalue weighted by atomic mass is 16.2. The van der Waals surface area contributed by atoms with Crippen molar-refractivity contribution in [2.24, 2.45) is 5.73 Å². The monoisotopic (exact) mass is 232 g/mol. The van der Waals surface area contributed by atoms with Gasteiger partial charge in [0, 0.05) is 12.6 Å². The fourth-order valence-corrected chi connectivity index (χ4v) is 1.94. The lowest BCUT2D eigenvalue weighted by Crippen LogP contribution is -2.44. The van der Waals surface area contributed by atoms with Gasteiger partial charge in [-0.05, 0) is 24.8 Å². The van der Waals surface area contributed by atoms with Crippen LogP contribution in [-0.2, 0) is 11.3 Å². The lowest BCUT2D eigenvalue weighted by Gasteiger charge is -2.25. The molecule has 1 aliphatic carbocycles. The third kappa shape index (κ3) is 3.07. The van der Waals surface area contributed by atoms with Gasteiger partial charge in [0.1, 0.15) is 0 Å². The van der Waals surface area contributed by atoms with Gasteiger partial charge in [0.2, 0.25) is 5.91 Å². The second-order valence-electron chi connectivity index (χ2n) is 4.70. The molecule has 2 N–H and O–H groups in total. The summed E-state index contributed by atoms with van der Waals surface area (Å²) in [5.41, 5.74) is 7.02. The van der Waals surface area contributed by atoms with Gasteiger partial charge in [-0.15, -0.1) is 0 Å². The van der Waals surface area contributed by atoms with Crippen LogP contribution in [0.2, 0.25) is 0 Å². The number of benzene rings is 1. The molecule has 2 rings (SSSR count). The lowest BCUT2D eigenvalue weighted by molar-refractivity contribution is -0.133. The van der Waals surface area contributed by atoms with Crippen LogP contribution in [-0.4, -0.2) is 22.9 Å². The van der Waals surface area contributed by atoms with Gasteiger partial charge in [-0.2, -0.15) is 0 Å². The van der Waals surface area contributed by atoms with E-state index in [1.165, 1.54) is 5.56 Å². The van der Waals surface area contributed by atoms with E-state index < -0.39 is 0 Å². The van der Waals surface area contributed by atoms with Crippen molar-refractivity contribution in [3.8, 4) is 0 Å². The summed E-state index contributed by atoms with van der Waals surface area (Å²) in [6.07, 6.45) is 2.95. The van der Waals surface area contributed by atoms with Crippen LogP contribution in [0, 0.1) is 0 Å². The summed E-state index contributed by atoms with van der Waals surface area (Å²) in [6.45, 7) is 2.65. The van der Waals surface area contributed by atoms with Gasteiger partial charge in [0.25, 0.3) is 0 Å². The molecule has 17 heavy (non-hydrogen) atoms. The zero-order chi connectivity index (χ0) is 12.3. The molecule has 92 valence electrons. The number of nitrogens with two attached hydrogens (primary N) is 1. The van der Waals surface area contributed by atoms with Crippen molar-refractivity contribution < 1.29 is 4.79 Å². The Labute approximate surface area is 103 Å². The average molecular weight is 232 g/mol. The van der Waals surface area contributed by atoms with E-state index in [-0.39, 0.29) is 11.9 Å². The number of rotatable bonds is 5. The van der Waals surface area contributed by atoms with Crippen LogP contribution < -0.4 is 5.73 Å². The Hall–Kier alpha value is -1.35. The van der Waals surface area contributed by atoms with E-state index in [0.717, 1.165) is 12.8 Å². The highest BCUT2D eigenvalue weighted by Crippen LogP contribution is 2.29. The van der Waals surface area contributed by atoms with E-state index in [4.69, 9.17) is 5.73 Å². The first-order valence-electron chi connectivity index (χ1n) is 6.32. The Kier molecular flexibility index (Phi) is 3.79. The van der Waals surface area contributed by atoms with E-state index in [2.05, 4.69) is 12.1 Å². The minimum Gasteiger partial charge on any atom is -0.334 e. The molecule has 1 aromatic rings. The van der Waals surface area contributed by atoms with E-state index in [1.54, 1.807) is 0 Å². The fourth-order valence-electron chi connectivity index (χ4n) is 1.94. The summed E-state index contributed by atoms with van der Waals surface area (Å²) in [6, 6.07) is 10.2. The molecule has 0 unspecified atom stereocenters. The highest BCUT2D eigenvalue weighted by Gasteiger charge is 2.34. The number of hydrogen-bond acceptors (Lipinski definition) is 2. The van der Waals surface area contributed by atoms with Gasteiger partial charge in [-0.25, -0.2) is 0 Å². The molecule has 1 atom stereocenters. The summed E-state index contributed by atoms with van der Waals surface area (Å²) in [5, 5.41) is 0. The third-order valence-corrected chi connectivity index (χ3v) is 3.22. The Morgan fingerprint density at radius 1 is 1.41 bits per heavy atom. The molecule has 1 aliphatic rings. The SMILES string of the molecule is CC[C@@H](N)C(=O)N(Cc1ccccc1)C1CC1. The third-order valence-electron chi connectivity index (χ3n) is 3.22. The van der Waals surface area contributed by atoms with E-state index in [0.29, 0.717) is 19.0 Å². The fraction of sp³-hybridized carbons (Fsp3) is 0.500. The predicted octanol–water partition coefficient (Wildman–Crippen LogP) is 1.91. The molecular weight excluding hydrogens is 212 g/mol. The van der Waals surface area contributed by atoms with Crippen LogP contribution in [0.15, 0.2) is 30.3 Å². The summed E-state index contributed by atoms with van der Waals surface area (Å²) in [4.78, 5) is 14.1. The van der Waals surface area contributed by atoms with Crippen molar-refractivity contribution in [2.75, 3.05) is 0 Å². The van der Waals surface area contributed by atoms with Gasteiger partial charge in [-0.3, -0.25) is 4.79 Å². The lowest BCUT2D eigenvalue weighted by atomic mass is 10.1. The zero-order valence-corrected chi connectivity index (χ0v) is 10.3. The van der Waals surface area contributed by atoms with Crippen LogP contribution in [0.3, 0.4) is 0 Å². The summed E-state index contributed by atoms with van der Waals surface area (Å²) in [5.74, 6) is 0.0962. The summed E-state index contributed by atoms with van der Waals surface area (Å²) in [7, 11) is 0. The molecule has 3 nitrogen and oxygen atoms in total. The van der Waals surface area contributed by atoms with Crippen LogP contribution in [0.25, 0.3) is 0 Å². The predicted molar refractivity (Wildman–Crippen MR) is 68.3 cm³/mol. The second-order valence-corrected chi connectivity index (χ2v) is 4.70. The average Bonchev–Trinajstić information content (AvgIpc) is 3.19. The van der Waals surface area contributed by atoms with Gasteiger partial charge in [-0.1, -0.05) is 37.3 Å². The Bertz CT molecular complexity index is 373. The van der Waals surface area contributed by atoms with Crippen molar-refractivity contribution in [1.82, 2.24) is 4.90 Å². The Morgan fingerprint density at radius 2 is 2.06 bits per heavy atom. The standard InChI is InChI=1S/C14H20N2O/c1-2-13(15)14(17)16(12-8-9-12)10-11-6-4-3-5-7-11/h3-7,12-13H,2,8-10,15H2,1H3/t13-/m1/s1. The van der Waals surface area contributed by atoms with Crippen LogP contribution in [0.1, 0.15) is 31.7 Å². The molecule has 0 radical (unpaired) electrons. The van der Waals surface area contributed by atoms with Gasteiger partial charge < -0.3 is 10.6 Å². The quantitative estimate of drug-likeness (QED) is 0.843. The molecule has 1 amide bonds. The Balaban J connectivity index is 2.05. The number of carbonyl (C=O) groups is 1. The molecular formula is C14H20N2O. The van der Waals surface area contributed by atoms with E-state index in [9.17, 15) is 4.79 Å². The molecule has 1 fully saturated rings.